The Morgan fingerprint density at radius 2 is 1.73 bits per heavy atom. The van der Waals surface area contributed by atoms with Crippen LogP contribution in [-0.2, 0) is 13.0 Å². The van der Waals surface area contributed by atoms with Crippen LogP contribution in [0, 0.1) is 11.6 Å². The average Bonchev–Trinajstić information content (AvgIpc) is 3.19. The van der Waals surface area contributed by atoms with Crippen molar-refractivity contribution in [1.29, 1.82) is 0 Å². The smallest absolute Gasteiger partial charge is 0.395 e. The minimum Gasteiger partial charge on any atom is -0.395 e. The third-order valence-electron chi connectivity index (χ3n) is 4.90. The molecule has 0 radical (unpaired) electrons. The molecule has 0 bridgehead atoms. The number of hydrogen-bond donors (Lipinski definition) is 1. The Balaban J connectivity index is 1.59. The van der Waals surface area contributed by atoms with Gasteiger partial charge in [0.05, 0.1) is 29.1 Å². The molecule has 5 nitrogen and oxygen atoms in total. The molecule has 2 aliphatic heterocycles. The van der Waals surface area contributed by atoms with Crippen LogP contribution in [0.5, 0.6) is 11.5 Å². The number of aromatic nitrogens is 1. The zero-order chi connectivity index (χ0) is 21.0. The molecule has 0 spiro atoms. The van der Waals surface area contributed by atoms with E-state index in [-0.39, 0.29) is 41.6 Å². The van der Waals surface area contributed by atoms with Crippen molar-refractivity contribution >= 4 is 5.91 Å². The second kappa shape index (κ2) is 6.45. The van der Waals surface area contributed by atoms with Crippen LogP contribution in [0.2, 0.25) is 0 Å². The number of alkyl halides is 2. The molecule has 1 aromatic heterocycles. The summed E-state index contributed by atoms with van der Waals surface area (Å²) in [6.07, 6.45) is -3.61. The van der Waals surface area contributed by atoms with Gasteiger partial charge in [-0.3, -0.25) is 4.79 Å². The molecule has 0 unspecified atom stereocenters. The van der Waals surface area contributed by atoms with Crippen LogP contribution in [0.3, 0.4) is 0 Å². The Labute approximate surface area is 167 Å². The fourth-order valence-corrected chi connectivity index (χ4v) is 3.65. The lowest BCUT2D eigenvalue weighted by atomic mass is 9.96. The van der Waals surface area contributed by atoms with Gasteiger partial charge in [0.1, 0.15) is 11.6 Å². The third-order valence-corrected chi connectivity index (χ3v) is 4.90. The maximum atomic E-state index is 14.3. The van der Waals surface area contributed by atoms with E-state index in [9.17, 15) is 22.4 Å². The van der Waals surface area contributed by atoms with Crippen LogP contribution >= 0.6 is 0 Å². The van der Waals surface area contributed by atoms with Gasteiger partial charge in [0.25, 0.3) is 5.91 Å². The first-order valence-corrected chi connectivity index (χ1v) is 8.95. The maximum Gasteiger partial charge on any atom is 0.586 e. The Morgan fingerprint density at radius 3 is 2.50 bits per heavy atom. The molecule has 0 aliphatic carbocycles. The molecule has 2 aromatic carbocycles. The van der Waals surface area contributed by atoms with Gasteiger partial charge >= 0.3 is 6.29 Å². The predicted molar refractivity (Wildman–Crippen MR) is 96.2 cm³/mol. The number of fused-ring (bicyclic) bond motifs is 2. The fraction of sp³-hybridized carbons (Fsp3) is 0.143. The van der Waals surface area contributed by atoms with E-state index in [1.807, 2.05) is 0 Å². The topological polar surface area (TPSA) is 60.5 Å². The summed E-state index contributed by atoms with van der Waals surface area (Å²) in [6, 6.07) is 9.18. The largest absolute Gasteiger partial charge is 0.586 e. The number of nitrogens with zero attached hydrogens (tertiary/aromatic N) is 1. The number of halogens is 4. The summed E-state index contributed by atoms with van der Waals surface area (Å²) in [7, 11) is 0. The van der Waals surface area contributed by atoms with E-state index in [0.717, 1.165) is 12.1 Å². The molecule has 1 amide bonds. The number of hydrogen-bond acceptors (Lipinski definition) is 4. The first kappa shape index (κ1) is 18.4. The molecular weight excluding hydrogens is 404 g/mol. The molecular formula is C21H12F4N2O3. The van der Waals surface area contributed by atoms with Gasteiger partial charge in [-0.2, -0.15) is 0 Å². The SMILES string of the molecule is O=C1NCc2nc(-c3c(F)cccc3F)cc(Cc3ccc4c(c3)OC(F)(F)O4)c21. The minimum atomic E-state index is -3.74. The molecule has 0 atom stereocenters. The number of amides is 1. The van der Waals surface area contributed by atoms with Crippen LogP contribution in [0.4, 0.5) is 17.6 Å². The Morgan fingerprint density at radius 1 is 1.00 bits per heavy atom. The van der Waals surface area contributed by atoms with Crippen LogP contribution in [0.1, 0.15) is 27.2 Å². The first-order valence-electron chi connectivity index (χ1n) is 8.95. The van der Waals surface area contributed by atoms with Gasteiger partial charge in [0, 0.05) is 0 Å². The predicted octanol–water partition coefficient (Wildman–Crippen LogP) is 4.18. The summed E-state index contributed by atoms with van der Waals surface area (Å²) in [5.41, 5.74) is 1.41. The van der Waals surface area contributed by atoms with Crippen molar-refractivity contribution in [2.24, 2.45) is 0 Å². The van der Waals surface area contributed by atoms with E-state index >= 15 is 0 Å². The zero-order valence-electron chi connectivity index (χ0n) is 15.1. The van der Waals surface area contributed by atoms with Crippen molar-refractivity contribution in [2.75, 3.05) is 0 Å². The van der Waals surface area contributed by atoms with Crippen molar-refractivity contribution in [1.82, 2.24) is 10.3 Å². The van der Waals surface area contributed by atoms with Crippen molar-refractivity contribution in [3.05, 3.63) is 76.5 Å². The summed E-state index contributed by atoms with van der Waals surface area (Å²) in [5, 5.41) is 2.64. The average molecular weight is 416 g/mol. The number of carbonyl (C=O) groups is 1. The summed E-state index contributed by atoms with van der Waals surface area (Å²) < 4.78 is 63.9. The van der Waals surface area contributed by atoms with Crippen LogP contribution in [-0.4, -0.2) is 17.2 Å². The lowest BCUT2D eigenvalue weighted by Gasteiger charge is -2.11. The molecule has 3 aromatic rings. The monoisotopic (exact) mass is 416 g/mol. The molecule has 9 heteroatoms. The van der Waals surface area contributed by atoms with Gasteiger partial charge in [-0.1, -0.05) is 12.1 Å². The van der Waals surface area contributed by atoms with Crippen molar-refractivity contribution in [3.63, 3.8) is 0 Å². The van der Waals surface area contributed by atoms with E-state index in [1.54, 1.807) is 6.07 Å². The highest BCUT2D eigenvalue weighted by Gasteiger charge is 2.43. The summed E-state index contributed by atoms with van der Waals surface area (Å²) in [4.78, 5) is 16.6. The second-order valence-corrected chi connectivity index (χ2v) is 6.89. The minimum absolute atomic E-state index is 0.0446. The number of ether oxygens (including phenoxy) is 2. The second-order valence-electron chi connectivity index (χ2n) is 6.89. The highest BCUT2D eigenvalue weighted by atomic mass is 19.3. The molecule has 5 rings (SSSR count). The Kier molecular flexibility index (Phi) is 3.96. The van der Waals surface area contributed by atoms with Gasteiger partial charge < -0.3 is 14.8 Å². The van der Waals surface area contributed by atoms with E-state index in [2.05, 4.69) is 19.8 Å². The summed E-state index contributed by atoms with van der Waals surface area (Å²) in [5.74, 6) is -2.16. The number of benzene rings is 2. The molecule has 2 aliphatic rings. The maximum absolute atomic E-state index is 14.3. The molecule has 152 valence electrons. The molecule has 30 heavy (non-hydrogen) atoms. The van der Waals surface area contributed by atoms with Crippen LogP contribution in [0.25, 0.3) is 11.3 Å². The van der Waals surface area contributed by atoms with E-state index in [0.29, 0.717) is 22.4 Å². The number of nitrogens with one attached hydrogen (secondary N) is 1. The molecule has 0 fully saturated rings. The third kappa shape index (κ3) is 3.02. The van der Waals surface area contributed by atoms with E-state index in [4.69, 9.17) is 0 Å². The van der Waals surface area contributed by atoms with Gasteiger partial charge in [0.15, 0.2) is 11.5 Å². The molecule has 1 N–H and O–H groups in total. The van der Waals surface area contributed by atoms with Crippen molar-refractivity contribution < 1.29 is 31.8 Å². The summed E-state index contributed by atoms with van der Waals surface area (Å²) in [6.45, 7) is 0.123. The van der Waals surface area contributed by atoms with Gasteiger partial charge in [0.2, 0.25) is 0 Å². The van der Waals surface area contributed by atoms with Crippen molar-refractivity contribution in [2.45, 2.75) is 19.3 Å². The highest BCUT2D eigenvalue weighted by Crippen LogP contribution is 2.41. The molecule has 0 saturated heterocycles. The van der Waals surface area contributed by atoms with Crippen molar-refractivity contribution in [3.8, 4) is 22.8 Å². The Bertz CT molecular complexity index is 1190. The lowest BCUT2D eigenvalue weighted by molar-refractivity contribution is -0.286. The number of pyridine rings is 1. The fourth-order valence-electron chi connectivity index (χ4n) is 3.65. The number of rotatable bonds is 3. The van der Waals surface area contributed by atoms with E-state index < -0.39 is 17.9 Å². The Hall–Kier alpha value is -3.62. The molecule has 3 heterocycles. The van der Waals surface area contributed by atoms with Gasteiger partial charge in [-0.15, -0.1) is 8.78 Å². The normalized spacial score (nSPS) is 15.8. The first-order chi connectivity index (χ1) is 14.3. The van der Waals surface area contributed by atoms with Crippen LogP contribution < -0.4 is 14.8 Å². The highest BCUT2D eigenvalue weighted by molar-refractivity contribution is 5.99. The van der Waals surface area contributed by atoms with Gasteiger partial charge in [-0.05, 0) is 47.9 Å². The molecule has 0 saturated carbocycles. The standard InChI is InChI=1S/C21H12F4N2O3/c22-12-2-1-3-13(23)19(12)14-8-11(18-15(27-14)9-26-20(18)28)6-10-4-5-16-17(7-10)30-21(24,25)29-16/h1-5,7-8H,6,9H2,(H,26,28). The summed E-state index contributed by atoms with van der Waals surface area (Å²) >= 11 is 0. The zero-order valence-corrected chi connectivity index (χ0v) is 15.1. The van der Waals surface area contributed by atoms with Gasteiger partial charge in [-0.25, -0.2) is 13.8 Å². The number of carbonyl (C=O) groups excluding carboxylic acids is 1. The lowest BCUT2D eigenvalue weighted by Crippen LogP contribution is -2.25. The quantitative estimate of drug-likeness (QED) is 0.651. The van der Waals surface area contributed by atoms with Crippen LogP contribution in [0.15, 0.2) is 42.5 Å². The van der Waals surface area contributed by atoms with E-state index in [1.165, 1.54) is 24.3 Å².